The van der Waals surface area contributed by atoms with Gasteiger partial charge in [-0.15, -0.1) is 11.3 Å². The Labute approximate surface area is 86.6 Å². The van der Waals surface area contributed by atoms with Crippen LogP contribution in [0.3, 0.4) is 0 Å². The lowest BCUT2D eigenvalue weighted by molar-refractivity contribution is 0.777. The smallest absolute Gasteiger partial charge is 0.107 e. The number of hydrogen-bond acceptors (Lipinski definition) is 4. The SMILES string of the molecule is CNCc1ncc(-c2ccnn2C)s1. The molecular formula is C9H12N4S. The Morgan fingerprint density at radius 2 is 2.43 bits per heavy atom. The van der Waals surface area contributed by atoms with Crippen molar-refractivity contribution in [3.63, 3.8) is 0 Å². The van der Waals surface area contributed by atoms with E-state index in [-0.39, 0.29) is 0 Å². The first kappa shape index (κ1) is 9.36. The van der Waals surface area contributed by atoms with Crippen molar-refractivity contribution in [3.05, 3.63) is 23.5 Å². The summed E-state index contributed by atoms with van der Waals surface area (Å²) in [6, 6.07) is 2.00. The van der Waals surface area contributed by atoms with Gasteiger partial charge in [-0.1, -0.05) is 0 Å². The summed E-state index contributed by atoms with van der Waals surface area (Å²) >= 11 is 1.69. The second kappa shape index (κ2) is 3.89. The molecule has 0 atom stereocenters. The van der Waals surface area contributed by atoms with Gasteiger partial charge in [0.05, 0.1) is 10.6 Å². The highest BCUT2D eigenvalue weighted by Crippen LogP contribution is 2.24. The molecule has 0 bridgehead atoms. The largest absolute Gasteiger partial charge is 0.314 e. The maximum atomic E-state index is 4.32. The lowest BCUT2D eigenvalue weighted by Gasteiger charge is -1.95. The fourth-order valence-corrected chi connectivity index (χ4v) is 2.26. The van der Waals surface area contributed by atoms with E-state index in [4.69, 9.17) is 0 Å². The number of nitrogens with zero attached hydrogens (tertiary/aromatic N) is 3. The molecule has 0 saturated carbocycles. The fourth-order valence-electron chi connectivity index (χ4n) is 1.28. The molecule has 0 aliphatic heterocycles. The van der Waals surface area contributed by atoms with Gasteiger partial charge in [0, 0.05) is 26.0 Å². The molecule has 1 N–H and O–H groups in total. The van der Waals surface area contributed by atoms with E-state index in [9.17, 15) is 0 Å². The maximum Gasteiger partial charge on any atom is 0.107 e. The minimum atomic E-state index is 0.822. The van der Waals surface area contributed by atoms with Gasteiger partial charge in [-0.25, -0.2) is 4.98 Å². The van der Waals surface area contributed by atoms with Gasteiger partial charge in [-0.3, -0.25) is 4.68 Å². The first-order valence-corrected chi connectivity index (χ1v) is 5.20. The number of hydrogen-bond donors (Lipinski definition) is 1. The minimum Gasteiger partial charge on any atom is -0.314 e. The van der Waals surface area contributed by atoms with E-state index in [1.54, 1.807) is 17.5 Å². The molecule has 0 spiro atoms. The van der Waals surface area contributed by atoms with Crippen LogP contribution < -0.4 is 5.32 Å². The molecule has 0 unspecified atom stereocenters. The third-order valence-corrected chi connectivity index (χ3v) is 2.97. The van der Waals surface area contributed by atoms with Crippen LogP contribution in [0.5, 0.6) is 0 Å². The first-order valence-electron chi connectivity index (χ1n) is 4.39. The van der Waals surface area contributed by atoms with Crippen LogP contribution in [0.1, 0.15) is 5.01 Å². The van der Waals surface area contributed by atoms with Crippen molar-refractivity contribution in [1.82, 2.24) is 20.1 Å². The van der Waals surface area contributed by atoms with E-state index in [0.29, 0.717) is 0 Å². The molecule has 14 heavy (non-hydrogen) atoms. The number of aryl methyl sites for hydroxylation is 1. The Kier molecular flexibility index (Phi) is 2.60. The zero-order chi connectivity index (χ0) is 9.97. The molecule has 5 heteroatoms. The number of rotatable bonds is 3. The summed E-state index contributed by atoms with van der Waals surface area (Å²) in [6.45, 7) is 0.822. The Bertz CT molecular complexity index is 418. The summed E-state index contributed by atoms with van der Waals surface area (Å²) in [5, 5.41) is 8.31. The van der Waals surface area contributed by atoms with Gasteiger partial charge >= 0.3 is 0 Å². The van der Waals surface area contributed by atoms with Gasteiger partial charge < -0.3 is 5.32 Å². The predicted octanol–water partition coefficient (Wildman–Crippen LogP) is 1.26. The molecule has 0 radical (unpaired) electrons. The topological polar surface area (TPSA) is 42.7 Å². The van der Waals surface area contributed by atoms with Crippen LogP contribution in [-0.4, -0.2) is 21.8 Å². The second-order valence-corrected chi connectivity index (χ2v) is 4.10. The molecule has 2 rings (SSSR count). The quantitative estimate of drug-likeness (QED) is 0.826. The normalized spacial score (nSPS) is 10.7. The lowest BCUT2D eigenvalue weighted by atomic mass is 10.4. The van der Waals surface area contributed by atoms with Gasteiger partial charge in [-0.05, 0) is 13.1 Å². The van der Waals surface area contributed by atoms with Crippen molar-refractivity contribution in [2.45, 2.75) is 6.54 Å². The van der Waals surface area contributed by atoms with Crippen molar-refractivity contribution >= 4 is 11.3 Å². The summed E-state index contributed by atoms with van der Waals surface area (Å²) in [5.41, 5.74) is 1.12. The summed E-state index contributed by atoms with van der Waals surface area (Å²) in [7, 11) is 3.86. The first-order chi connectivity index (χ1) is 6.81. The van der Waals surface area contributed by atoms with Crippen molar-refractivity contribution in [2.24, 2.45) is 7.05 Å². The Balaban J connectivity index is 2.29. The van der Waals surface area contributed by atoms with E-state index < -0.39 is 0 Å². The van der Waals surface area contributed by atoms with E-state index in [2.05, 4.69) is 15.4 Å². The molecule has 0 amide bonds. The molecule has 0 aliphatic carbocycles. The van der Waals surface area contributed by atoms with Gasteiger partial charge in [0.2, 0.25) is 0 Å². The highest BCUT2D eigenvalue weighted by atomic mass is 32.1. The standard InChI is InChI=1S/C9H12N4S/c1-10-6-9-11-5-8(14-9)7-3-4-12-13(7)2/h3-5,10H,6H2,1-2H3. The van der Waals surface area contributed by atoms with Crippen LogP contribution in [-0.2, 0) is 13.6 Å². The van der Waals surface area contributed by atoms with Crippen molar-refractivity contribution in [3.8, 4) is 10.6 Å². The van der Waals surface area contributed by atoms with E-state index >= 15 is 0 Å². The Morgan fingerprint density at radius 1 is 1.57 bits per heavy atom. The molecular weight excluding hydrogens is 196 g/mol. The second-order valence-electron chi connectivity index (χ2n) is 2.99. The third-order valence-electron chi connectivity index (χ3n) is 1.95. The van der Waals surface area contributed by atoms with Crippen LogP contribution in [0.15, 0.2) is 18.5 Å². The van der Waals surface area contributed by atoms with Crippen LogP contribution in [0.25, 0.3) is 10.6 Å². The zero-order valence-corrected chi connectivity index (χ0v) is 9.01. The van der Waals surface area contributed by atoms with Crippen molar-refractivity contribution in [2.75, 3.05) is 7.05 Å². The van der Waals surface area contributed by atoms with E-state index in [1.165, 1.54) is 0 Å². The molecule has 4 nitrogen and oxygen atoms in total. The fraction of sp³-hybridized carbons (Fsp3) is 0.333. The molecule has 2 heterocycles. The van der Waals surface area contributed by atoms with Crippen molar-refractivity contribution in [1.29, 1.82) is 0 Å². The molecule has 74 valence electrons. The van der Waals surface area contributed by atoms with Gasteiger partial charge in [0.15, 0.2) is 0 Å². The lowest BCUT2D eigenvalue weighted by Crippen LogP contribution is -2.03. The van der Waals surface area contributed by atoms with Crippen LogP contribution in [0.2, 0.25) is 0 Å². The van der Waals surface area contributed by atoms with E-state index in [0.717, 1.165) is 22.1 Å². The summed E-state index contributed by atoms with van der Waals surface area (Å²) < 4.78 is 1.86. The van der Waals surface area contributed by atoms with Gasteiger partial charge in [0.25, 0.3) is 0 Å². The minimum absolute atomic E-state index is 0.822. The number of thiazole rings is 1. The Morgan fingerprint density at radius 3 is 3.07 bits per heavy atom. The highest BCUT2D eigenvalue weighted by Gasteiger charge is 2.06. The Hall–Kier alpha value is -1.20. The molecule has 2 aromatic heterocycles. The highest BCUT2D eigenvalue weighted by molar-refractivity contribution is 7.15. The molecule has 0 aromatic carbocycles. The van der Waals surface area contributed by atoms with Crippen LogP contribution in [0, 0.1) is 0 Å². The third kappa shape index (κ3) is 1.69. The van der Waals surface area contributed by atoms with Crippen molar-refractivity contribution < 1.29 is 0 Å². The zero-order valence-electron chi connectivity index (χ0n) is 8.19. The monoisotopic (exact) mass is 208 g/mol. The average molecular weight is 208 g/mol. The summed E-state index contributed by atoms with van der Waals surface area (Å²) in [5.74, 6) is 0. The summed E-state index contributed by atoms with van der Waals surface area (Å²) in [6.07, 6.45) is 3.70. The molecule has 0 fully saturated rings. The maximum absolute atomic E-state index is 4.32. The number of nitrogens with one attached hydrogen (secondary N) is 1. The predicted molar refractivity (Wildman–Crippen MR) is 57.1 cm³/mol. The molecule has 2 aromatic rings. The van der Waals surface area contributed by atoms with Gasteiger partial charge in [-0.2, -0.15) is 5.10 Å². The number of aromatic nitrogens is 3. The van der Waals surface area contributed by atoms with E-state index in [1.807, 2.05) is 31.0 Å². The molecule has 0 saturated heterocycles. The van der Waals surface area contributed by atoms with Crippen LogP contribution >= 0.6 is 11.3 Å². The van der Waals surface area contributed by atoms with Gasteiger partial charge in [0.1, 0.15) is 5.01 Å². The average Bonchev–Trinajstić information content (AvgIpc) is 2.74. The van der Waals surface area contributed by atoms with Crippen LogP contribution in [0.4, 0.5) is 0 Å². The molecule has 0 aliphatic rings. The summed E-state index contributed by atoms with van der Waals surface area (Å²) in [4.78, 5) is 5.48.